The number of hydrogen-bond acceptors (Lipinski definition) is 10. The van der Waals surface area contributed by atoms with Crippen molar-refractivity contribution < 1.29 is 21.9 Å². The molecule has 0 amide bonds. The number of nitrogens with one attached hydrogen (secondary N) is 4. The molecule has 0 saturated carbocycles. The van der Waals surface area contributed by atoms with Crippen LogP contribution in [-0.4, -0.2) is 38.6 Å². The maximum Gasteiger partial charge on any atom is 0.340 e. The molecule has 1 aromatic carbocycles. The smallest absolute Gasteiger partial charge is 0.340 e. The molecule has 0 saturated heterocycles. The van der Waals surface area contributed by atoms with Gasteiger partial charge in [0.1, 0.15) is 28.9 Å². The number of rotatable bonds is 8. The van der Waals surface area contributed by atoms with Crippen molar-refractivity contribution in [3.8, 4) is 5.75 Å². The molecule has 16 heteroatoms. The fourth-order valence-electron chi connectivity index (χ4n) is 2.63. The number of nitrogens with zero attached hydrogens (tertiary/aromatic N) is 4. The highest BCUT2D eigenvalue weighted by atomic mass is 32.2. The molecule has 3 aromatic heterocycles. The number of halogens is 2. The number of hydrogen-bond donors (Lipinski definition) is 5. The van der Waals surface area contributed by atoms with Gasteiger partial charge in [-0.15, -0.1) is 0 Å². The van der Waals surface area contributed by atoms with Crippen molar-refractivity contribution in [1.82, 2.24) is 30.1 Å². The standard InChI is InChI=1S/C18H15F2N9O4S/c19-11-3-1-9(5-13(11)34(21,31)32)24-17-23-7-12(20)16(27-17)25-14-4-2-10(6-22-14)33-8-15-26-18(30)29-28-15/h1-7H,8H2,(H2,21,31,32)(H2,26,28,29,30)(H2,22,23,24,25,27). The Kier molecular flexibility index (Phi) is 6.15. The van der Waals surface area contributed by atoms with Gasteiger partial charge >= 0.3 is 5.69 Å². The number of aromatic nitrogens is 6. The largest absolute Gasteiger partial charge is 0.484 e. The van der Waals surface area contributed by atoms with Gasteiger partial charge in [0.2, 0.25) is 16.0 Å². The molecule has 6 N–H and O–H groups in total. The minimum Gasteiger partial charge on any atom is -0.484 e. The Balaban J connectivity index is 1.46. The second-order valence-corrected chi connectivity index (χ2v) is 8.15. The van der Waals surface area contributed by atoms with Crippen molar-refractivity contribution in [2.45, 2.75) is 11.5 Å². The zero-order valence-corrected chi connectivity index (χ0v) is 17.7. The van der Waals surface area contributed by atoms with Crippen LogP contribution in [0.25, 0.3) is 0 Å². The fourth-order valence-corrected chi connectivity index (χ4v) is 3.26. The van der Waals surface area contributed by atoms with E-state index in [1.54, 1.807) is 6.07 Å². The van der Waals surface area contributed by atoms with Gasteiger partial charge in [-0.25, -0.2) is 42.2 Å². The van der Waals surface area contributed by atoms with E-state index in [9.17, 15) is 22.0 Å². The van der Waals surface area contributed by atoms with Gasteiger partial charge in [-0.05, 0) is 30.3 Å². The number of primary sulfonamides is 1. The third-order valence-corrected chi connectivity index (χ3v) is 5.07. The molecule has 0 spiro atoms. The van der Waals surface area contributed by atoms with Crippen LogP contribution in [0.3, 0.4) is 0 Å². The van der Waals surface area contributed by atoms with Gasteiger partial charge in [-0.2, -0.15) is 10.1 Å². The minimum absolute atomic E-state index is 0.000675. The molecule has 3 heterocycles. The van der Waals surface area contributed by atoms with E-state index in [0.29, 0.717) is 11.6 Å². The second-order valence-electron chi connectivity index (χ2n) is 6.62. The van der Waals surface area contributed by atoms with E-state index < -0.39 is 32.2 Å². The van der Waals surface area contributed by atoms with Crippen LogP contribution in [0, 0.1) is 11.6 Å². The second kappa shape index (κ2) is 9.20. The van der Waals surface area contributed by atoms with Gasteiger partial charge in [0.25, 0.3) is 0 Å². The third-order valence-electron chi connectivity index (χ3n) is 4.15. The van der Waals surface area contributed by atoms with E-state index >= 15 is 0 Å². The van der Waals surface area contributed by atoms with Crippen molar-refractivity contribution in [2.75, 3.05) is 10.6 Å². The summed E-state index contributed by atoms with van der Waals surface area (Å²) >= 11 is 0. The lowest BCUT2D eigenvalue weighted by molar-refractivity contribution is 0.295. The SMILES string of the molecule is NS(=O)(=O)c1cc(Nc2ncc(F)c(Nc3ccc(OCc4n[nH]c(=O)[nH]4)cn3)n2)ccc1F. The van der Waals surface area contributed by atoms with E-state index in [2.05, 4.69) is 40.8 Å². The van der Waals surface area contributed by atoms with Crippen LogP contribution in [0.15, 0.2) is 52.4 Å². The Labute approximate surface area is 189 Å². The molecule has 0 aliphatic rings. The summed E-state index contributed by atoms with van der Waals surface area (Å²) < 4.78 is 56.3. The van der Waals surface area contributed by atoms with Gasteiger partial charge in [0, 0.05) is 5.69 Å². The highest BCUT2D eigenvalue weighted by Crippen LogP contribution is 2.23. The van der Waals surface area contributed by atoms with Crippen LogP contribution in [0.2, 0.25) is 0 Å². The summed E-state index contributed by atoms with van der Waals surface area (Å²) in [4.78, 5) is 24.6. The van der Waals surface area contributed by atoms with E-state index in [1.807, 2.05) is 0 Å². The van der Waals surface area contributed by atoms with Crippen LogP contribution >= 0.6 is 0 Å². The first kappa shape index (κ1) is 22.7. The first-order valence-corrected chi connectivity index (χ1v) is 10.8. The number of anilines is 4. The predicted octanol–water partition coefficient (Wildman–Crippen LogP) is 1.27. The van der Waals surface area contributed by atoms with E-state index in [-0.39, 0.29) is 29.9 Å². The number of aromatic amines is 2. The Morgan fingerprint density at radius 1 is 1.06 bits per heavy atom. The summed E-state index contributed by atoms with van der Waals surface area (Å²) in [6.45, 7) is -0.000675. The van der Waals surface area contributed by atoms with Gasteiger partial charge in [-0.1, -0.05) is 0 Å². The summed E-state index contributed by atoms with van der Waals surface area (Å²) in [5.41, 5.74) is -0.345. The molecule has 0 radical (unpaired) electrons. The summed E-state index contributed by atoms with van der Waals surface area (Å²) in [5, 5.41) is 16.2. The minimum atomic E-state index is -4.29. The average Bonchev–Trinajstić information content (AvgIpc) is 3.21. The van der Waals surface area contributed by atoms with E-state index in [0.717, 1.165) is 18.3 Å². The molecule has 0 unspecified atom stereocenters. The first-order valence-electron chi connectivity index (χ1n) is 9.29. The molecule has 176 valence electrons. The van der Waals surface area contributed by atoms with Crippen molar-refractivity contribution in [3.63, 3.8) is 0 Å². The van der Waals surface area contributed by atoms with Gasteiger partial charge in [-0.3, -0.25) is 4.98 Å². The van der Waals surface area contributed by atoms with Crippen molar-refractivity contribution in [2.24, 2.45) is 5.14 Å². The van der Waals surface area contributed by atoms with Crippen molar-refractivity contribution >= 4 is 33.3 Å². The highest BCUT2D eigenvalue weighted by molar-refractivity contribution is 7.89. The van der Waals surface area contributed by atoms with Gasteiger partial charge in [0.05, 0.1) is 12.4 Å². The monoisotopic (exact) mass is 491 g/mol. The average molecular weight is 491 g/mol. The molecule has 13 nitrogen and oxygen atoms in total. The van der Waals surface area contributed by atoms with Crippen molar-refractivity contribution in [1.29, 1.82) is 0 Å². The zero-order chi connectivity index (χ0) is 24.3. The van der Waals surface area contributed by atoms with Crippen LogP contribution in [0.4, 0.5) is 32.1 Å². The normalized spacial score (nSPS) is 11.3. The molecular weight excluding hydrogens is 476 g/mol. The van der Waals surface area contributed by atoms with Crippen LogP contribution in [-0.2, 0) is 16.6 Å². The number of nitrogens with two attached hydrogens (primary N) is 1. The van der Waals surface area contributed by atoms with Crippen molar-refractivity contribution in [3.05, 3.63) is 70.7 Å². The van der Waals surface area contributed by atoms with Gasteiger partial charge in [0.15, 0.2) is 17.5 Å². The Morgan fingerprint density at radius 2 is 1.88 bits per heavy atom. The molecular formula is C18H15F2N9O4S. The molecule has 0 atom stereocenters. The highest BCUT2D eigenvalue weighted by Gasteiger charge is 2.16. The lowest BCUT2D eigenvalue weighted by Gasteiger charge is -2.10. The molecule has 4 rings (SSSR count). The van der Waals surface area contributed by atoms with E-state index in [1.165, 1.54) is 18.3 Å². The summed E-state index contributed by atoms with van der Waals surface area (Å²) in [6.07, 6.45) is 2.24. The fraction of sp³-hybridized carbons (Fsp3) is 0.0556. The number of ether oxygens (including phenoxy) is 1. The Morgan fingerprint density at radius 3 is 2.56 bits per heavy atom. The molecule has 0 fully saturated rings. The first-order chi connectivity index (χ1) is 16.2. The van der Waals surface area contributed by atoms with Crippen LogP contribution in [0.1, 0.15) is 5.82 Å². The number of sulfonamides is 1. The number of benzene rings is 1. The quantitative estimate of drug-likeness (QED) is 0.240. The lowest BCUT2D eigenvalue weighted by atomic mass is 10.3. The predicted molar refractivity (Wildman–Crippen MR) is 114 cm³/mol. The molecule has 0 aliphatic carbocycles. The molecule has 0 aliphatic heterocycles. The maximum atomic E-state index is 14.2. The summed E-state index contributed by atoms with van der Waals surface area (Å²) in [5.74, 6) is -1.27. The number of pyridine rings is 1. The maximum absolute atomic E-state index is 14.2. The molecule has 4 aromatic rings. The van der Waals surface area contributed by atoms with E-state index in [4.69, 9.17) is 9.88 Å². The summed E-state index contributed by atoms with van der Waals surface area (Å²) in [7, 11) is -4.29. The zero-order valence-electron chi connectivity index (χ0n) is 16.9. The Hall–Kier alpha value is -4.44. The van der Waals surface area contributed by atoms with Crippen LogP contribution < -0.4 is 26.2 Å². The number of H-pyrrole nitrogens is 2. The van der Waals surface area contributed by atoms with Crippen LogP contribution in [0.5, 0.6) is 5.75 Å². The Bertz CT molecular complexity index is 1490. The topological polar surface area (TPSA) is 194 Å². The molecule has 0 bridgehead atoms. The van der Waals surface area contributed by atoms with Gasteiger partial charge < -0.3 is 15.4 Å². The lowest BCUT2D eigenvalue weighted by Crippen LogP contribution is -2.14. The summed E-state index contributed by atoms with van der Waals surface area (Å²) in [6, 6.07) is 6.15. The third kappa shape index (κ3) is 5.48. The molecule has 34 heavy (non-hydrogen) atoms.